The first kappa shape index (κ1) is 22.5. The number of nitrogens with zero attached hydrogens (tertiary/aromatic N) is 1. The molecule has 0 aliphatic heterocycles. The first-order valence-corrected chi connectivity index (χ1v) is 11.4. The largest absolute Gasteiger partial charge is 0.465 e. The van der Waals surface area contributed by atoms with Crippen LogP contribution < -0.4 is 4.90 Å². The highest BCUT2D eigenvalue weighted by Gasteiger charge is 2.33. The molecule has 0 radical (unpaired) electrons. The molecule has 1 aliphatic rings. The van der Waals surface area contributed by atoms with Crippen molar-refractivity contribution in [2.45, 2.75) is 59.1 Å². The molecule has 1 aliphatic carbocycles. The number of hydrogen-bond acceptors (Lipinski definition) is 5. The van der Waals surface area contributed by atoms with Crippen LogP contribution in [0.4, 0.5) is 5.00 Å². The van der Waals surface area contributed by atoms with Gasteiger partial charge < -0.3 is 14.7 Å². The van der Waals surface area contributed by atoms with Crippen LogP contribution in [0.5, 0.6) is 0 Å². The third-order valence-electron chi connectivity index (χ3n) is 5.85. The maximum absolute atomic E-state index is 13.5. The zero-order valence-corrected chi connectivity index (χ0v) is 19.0. The van der Waals surface area contributed by atoms with Crippen LogP contribution in [0.2, 0.25) is 0 Å². The van der Waals surface area contributed by atoms with E-state index in [1.807, 2.05) is 38.1 Å². The number of anilines is 1. The Labute approximate surface area is 182 Å². The molecular weight excluding hydrogens is 398 g/mol. The fourth-order valence-electron chi connectivity index (χ4n) is 4.07. The summed E-state index contributed by atoms with van der Waals surface area (Å²) < 4.78 is 5.03. The van der Waals surface area contributed by atoms with Gasteiger partial charge in [-0.25, -0.2) is 4.79 Å². The molecule has 6 heteroatoms. The van der Waals surface area contributed by atoms with Crippen molar-refractivity contribution >= 4 is 28.2 Å². The normalized spacial score (nSPS) is 19.0. The van der Waals surface area contributed by atoms with E-state index in [2.05, 4.69) is 6.92 Å². The van der Waals surface area contributed by atoms with E-state index < -0.39 is 5.97 Å². The number of benzene rings is 1. The Hall–Kier alpha value is -2.18. The molecule has 1 aromatic heterocycles. The highest BCUT2D eigenvalue weighted by atomic mass is 32.1. The molecule has 0 bridgehead atoms. The van der Waals surface area contributed by atoms with Crippen LogP contribution in [-0.4, -0.2) is 30.1 Å². The Morgan fingerprint density at radius 2 is 1.90 bits per heavy atom. The summed E-state index contributed by atoms with van der Waals surface area (Å²) in [5.74, 6) is 0.317. The van der Waals surface area contributed by atoms with Gasteiger partial charge in [0.05, 0.1) is 19.3 Å². The lowest BCUT2D eigenvalue weighted by Gasteiger charge is -2.33. The number of rotatable bonds is 6. The minimum absolute atomic E-state index is 0.00244. The number of esters is 1. The van der Waals surface area contributed by atoms with Gasteiger partial charge in [0.25, 0.3) is 0 Å². The molecule has 1 N–H and O–H groups in total. The van der Waals surface area contributed by atoms with Gasteiger partial charge in [-0.3, -0.25) is 4.79 Å². The maximum Gasteiger partial charge on any atom is 0.340 e. The van der Waals surface area contributed by atoms with Gasteiger partial charge in [-0.2, -0.15) is 0 Å². The quantitative estimate of drug-likeness (QED) is 0.636. The average molecular weight is 430 g/mol. The Morgan fingerprint density at radius 1 is 1.20 bits per heavy atom. The van der Waals surface area contributed by atoms with E-state index in [1.165, 1.54) is 18.4 Å². The minimum atomic E-state index is -0.443. The van der Waals surface area contributed by atoms with Crippen LogP contribution in [0, 0.1) is 11.8 Å². The molecule has 5 nitrogen and oxygen atoms in total. The van der Waals surface area contributed by atoms with Crippen molar-refractivity contribution in [2.24, 2.45) is 11.8 Å². The molecule has 0 saturated heterocycles. The standard InChI is InChI=1S/C24H31NO4S/c1-15(2)25(22(27)18-10-8-16(3)9-11-18)23-20(24(28)29-4)13-21(30-23)19-7-5-6-17(12-19)14-26/h5-7,12-13,15-16,18,26H,8-11,14H2,1-4H3/t16-,18-. The summed E-state index contributed by atoms with van der Waals surface area (Å²) >= 11 is 1.43. The monoisotopic (exact) mass is 429 g/mol. The van der Waals surface area contributed by atoms with Crippen LogP contribution in [0.15, 0.2) is 30.3 Å². The molecular formula is C24H31NO4S. The fourth-order valence-corrected chi connectivity index (χ4v) is 5.36. The molecule has 162 valence electrons. The van der Waals surface area contributed by atoms with Crippen molar-refractivity contribution in [3.05, 3.63) is 41.5 Å². The van der Waals surface area contributed by atoms with Gasteiger partial charge in [0, 0.05) is 16.8 Å². The second-order valence-electron chi connectivity index (χ2n) is 8.44. The molecule has 1 fully saturated rings. The second kappa shape index (κ2) is 9.75. The van der Waals surface area contributed by atoms with E-state index in [-0.39, 0.29) is 24.5 Å². The predicted molar refractivity (Wildman–Crippen MR) is 121 cm³/mol. The number of aliphatic hydroxyl groups excluding tert-OH is 1. The maximum atomic E-state index is 13.5. The van der Waals surface area contributed by atoms with E-state index in [9.17, 15) is 14.7 Å². The highest BCUT2D eigenvalue weighted by molar-refractivity contribution is 7.20. The molecule has 0 unspecified atom stereocenters. The van der Waals surface area contributed by atoms with E-state index in [1.54, 1.807) is 11.0 Å². The molecule has 1 aromatic carbocycles. The minimum Gasteiger partial charge on any atom is -0.465 e. The van der Waals surface area contributed by atoms with Crippen molar-refractivity contribution < 1.29 is 19.4 Å². The fraction of sp³-hybridized carbons (Fsp3) is 0.500. The van der Waals surface area contributed by atoms with Gasteiger partial charge >= 0.3 is 5.97 Å². The smallest absolute Gasteiger partial charge is 0.340 e. The third-order valence-corrected chi connectivity index (χ3v) is 7.03. The molecule has 1 amide bonds. The predicted octanol–water partition coefficient (Wildman–Crippen LogP) is 5.26. The SMILES string of the molecule is COC(=O)c1cc(-c2cccc(CO)c2)sc1N(C(=O)[C@H]1CC[C@H](C)CC1)C(C)C. The van der Waals surface area contributed by atoms with Gasteiger partial charge in [0.1, 0.15) is 5.00 Å². The Morgan fingerprint density at radius 3 is 2.50 bits per heavy atom. The summed E-state index contributed by atoms with van der Waals surface area (Å²) in [6.07, 6.45) is 3.92. The summed E-state index contributed by atoms with van der Waals surface area (Å²) in [6, 6.07) is 9.31. The Balaban J connectivity index is 2.02. The summed E-state index contributed by atoms with van der Waals surface area (Å²) in [4.78, 5) is 28.7. The van der Waals surface area contributed by atoms with Crippen molar-refractivity contribution in [1.82, 2.24) is 0 Å². The van der Waals surface area contributed by atoms with Gasteiger partial charge in [0.2, 0.25) is 5.91 Å². The number of carbonyl (C=O) groups is 2. The highest BCUT2D eigenvalue weighted by Crippen LogP contribution is 2.41. The number of hydrogen-bond donors (Lipinski definition) is 1. The summed E-state index contributed by atoms with van der Waals surface area (Å²) in [7, 11) is 1.36. The number of carbonyl (C=O) groups excluding carboxylic acids is 2. The third kappa shape index (κ3) is 4.76. The van der Waals surface area contributed by atoms with Crippen molar-refractivity contribution in [3.8, 4) is 10.4 Å². The van der Waals surface area contributed by atoms with E-state index in [0.717, 1.165) is 41.7 Å². The first-order valence-electron chi connectivity index (χ1n) is 10.6. The lowest BCUT2D eigenvalue weighted by atomic mass is 9.82. The van der Waals surface area contributed by atoms with Crippen LogP contribution >= 0.6 is 11.3 Å². The van der Waals surface area contributed by atoms with Gasteiger partial charge in [-0.15, -0.1) is 11.3 Å². The Bertz CT molecular complexity index is 896. The van der Waals surface area contributed by atoms with E-state index >= 15 is 0 Å². The molecule has 0 spiro atoms. The van der Waals surface area contributed by atoms with Crippen LogP contribution in [-0.2, 0) is 16.1 Å². The summed E-state index contributed by atoms with van der Waals surface area (Å²) in [5.41, 5.74) is 2.12. The molecule has 1 saturated carbocycles. The molecule has 3 rings (SSSR count). The lowest BCUT2D eigenvalue weighted by Crippen LogP contribution is -2.42. The van der Waals surface area contributed by atoms with Crippen LogP contribution in [0.3, 0.4) is 0 Å². The number of methoxy groups -OCH3 is 1. The number of aliphatic hydroxyl groups is 1. The topological polar surface area (TPSA) is 66.8 Å². The van der Waals surface area contributed by atoms with Crippen molar-refractivity contribution in [3.63, 3.8) is 0 Å². The van der Waals surface area contributed by atoms with Gasteiger partial charge in [-0.05, 0) is 68.7 Å². The van der Waals surface area contributed by atoms with Crippen molar-refractivity contribution in [1.29, 1.82) is 0 Å². The lowest BCUT2D eigenvalue weighted by molar-refractivity contribution is -0.123. The first-order chi connectivity index (χ1) is 14.3. The van der Waals surface area contributed by atoms with Gasteiger partial charge in [-0.1, -0.05) is 25.1 Å². The van der Waals surface area contributed by atoms with E-state index in [0.29, 0.717) is 16.5 Å². The average Bonchev–Trinajstić information content (AvgIpc) is 3.18. The molecule has 2 aromatic rings. The summed E-state index contributed by atoms with van der Waals surface area (Å²) in [6.45, 7) is 6.15. The van der Waals surface area contributed by atoms with Crippen molar-refractivity contribution in [2.75, 3.05) is 12.0 Å². The van der Waals surface area contributed by atoms with Crippen LogP contribution in [0.25, 0.3) is 10.4 Å². The number of ether oxygens (including phenoxy) is 1. The summed E-state index contributed by atoms with van der Waals surface area (Å²) in [5, 5.41) is 10.1. The van der Waals surface area contributed by atoms with Crippen LogP contribution in [0.1, 0.15) is 62.4 Å². The number of thiophene rings is 1. The number of amides is 1. The zero-order chi connectivity index (χ0) is 21.8. The molecule has 0 atom stereocenters. The Kier molecular flexibility index (Phi) is 7.32. The molecule has 1 heterocycles. The zero-order valence-electron chi connectivity index (χ0n) is 18.2. The van der Waals surface area contributed by atoms with E-state index in [4.69, 9.17) is 4.74 Å². The molecule has 30 heavy (non-hydrogen) atoms. The second-order valence-corrected chi connectivity index (χ2v) is 9.47. The van der Waals surface area contributed by atoms with Gasteiger partial charge in [0.15, 0.2) is 0 Å².